The first-order chi connectivity index (χ1) is 8.98. The molecule has 0 spiro atoms. The summed E-state index contributed by atoms with van der Waals surface area (Å²) < 4.78 is 0. The van der Waals surface area contributed by atoms with Gasteiger partial charge in [0.1, 0.15) is 0 Å². The van der Waals surface area contributed by atoms with Crippen LogP contribution in [0.4, 0.5) is 0 Å². The maximum Gasteiger partial charge on any atom is 0.227 e. The summed E-state index contributed by atoms with van der Waals surface area (Å²) in [6.45, 7) is 7.37. The molecule has 3 heteroatoms. The Labute approximate surface area is 117 Å². The van der Waals surface area contributed by atoms with Crippen molar-refractivity contribution in [1.29, 1.82) is 0 Å². The number of nitrogens with two attached hydrogens (primary N) is 1. The lowest BCUT2D eigenvalue weighted by Crippen LogP contribution is -2.55. The third kappa shape index (κ3) is 2.96. The average Bonchev–Trinajstić information content (AvgIpc) is 2.27. The number of amides is 1. The molecule has 3 atom stereocenters. The molecule has 2 fully saturated rings. The van der Waals surface area contributed by atoms with Crippen molar-refractivity contribution in [1.82, 2.24) is 5.32 Å². The lowest BCUT2D eigenvalue weighted by molar-refractivity contribution is -0.136. The summed E-state index contributed by atoms with van der Waals surface area (Å²) >= 11 is 0. The summed E-state index contributed by atoms with van der Waals surface area (Å²) in [6.07, 6.45) is 6.79. The molecular weight excluding hydrogens is 236 g/mol. The van der Waals surface area contributed by atoms with Gasteiger partial charge in [0.25, 0.3) is 0 Å². The Balaban J connectivity index is 2.00. The largest absolute Gasteiger partial charge is 0.353 e. The van der Waals surface area contributed by atoms with E-state index in [9.17, 15) is 4.79 Å². The van der Waals surface area contributed by atoms with Gasteiger partial charge in [-0.25, -0.2) is 0 Å². The van der Waals surface area contributed by atoms with Gasteiger partial charge in [0.2, 0.25) is 5.91 Å². The minimum absolute atomic E-state index is 0.228. The topological polar surface area (TPSA) is 55.1 Å². The van der Waals surface area contributed by atoms with Crippen LogP contribution in [0, 0.1) is 23.2 Å². The van der Waals surface area contributed by atoms with Crippen LogP contribution in [0.5, 0.6) is 0 Å². The molecule has 0 heterocycles. The summed E-state index contributed by atoms with van der Waals surface area (Å²) in [5.41, 5.74) is 5.60. The van der Waals surface area contributed by atoms with Crippen molar-refractivity contribution >= 4 is 5.91 Å². The average molecular weight is 266 g/mol. The van der Waals surface area contributed by atoms with Crippen LogP contribution < -0.4 is 11.1 Å². The molecule has 2 aliphatic rings. The first kappa shape index (κ1) is 14.8. The fourth-order valence-electron chi connectivity index (χ4n) is 3.82. The van der Waals surface area contributed by atoms with Gasteiger partial charge < -0.3 is 11.1 Å². The van der Waals surface area contributed by atoms with Crippen LogP contribution in [-0.2, 0) is 4.79 Å². The zero-order valence-electron chi connectivity index (χ0n) is 12.7. The Bertz CT molecular complexity index is 317. The summed E-state index contributed by atoms with van der Waals surface area (Å²) in [5, 5.41) is 3.36. The molecule has 0 aliphatic heterocycles. The zero-order valence-corrected chi connectivity index (χ0v) is 12.7. The highest BCUT2D eigenvalue weighted by molar-refractivity contribution is 5.84. The van der Waals surface area contributed by atoms with E-state index in [0.29, 0.717) is 24.4 Å². The number of carbonyl (C=O) groups excluding carboxylic acids is 1. The Morgan fingerprint density at radius 2 is 2.05 bits per heavy atom. The van der Waals surface area contributed by atoms with Crippen molar-refractivity contribution in [3.63, 3.8) is 0 Å². The van der Waals surface area contributed by atoms with Crippen molar-refractivity contribution < 1.29 is 4.79 Å². The van der Waals surface area contributed by atoms with Gasteiger partial charge in [-0.15, -0.1) is 0 Å². The van der Waals surface area contributed by atoms with E-state index >= 15 is 0 Å². The van der Waals surface area contributed by atoms with Gasteiger partial charge >= 0.3 is 0 Å². The van der Waals surface area contributed by atoms with Gasteiger partial charge in [-0.2, -0.15) is 0 Å². The second-order valence-electron chi connectivity index (χ2n) is 7.24. The number of rotatable bonds is 4. The van der Waals surface area contributed by atoms with E-state index in [-0.39, 0.29) is 11.3 Å². The van der Waals surface area contributed by atoms with Crippen molar-refractivity contribution in [3.8, 4) is 0 Å². The zero-order chi connectivity index (χ0) is 14.0. The molecule has 0 aromatic rings. The second-order valence-corrected chi connectivity index (χ2v) is 7.24. The predicted molar refractivity (Wildman–Crippen MR) is 78.6 cm³/mol. The number of hydrogen-bond acceptors (Lipinski definition) is 2. The highest BCUT2D eigenvalue weighted by Gasteiger charge is 2.44. The smallest absolute Gasteiger partial charge is 0.227 e. The van der Waals surface area contributed by atoms with Gasteiger partial charge in [0.05, 0.1) is 5.41 Å². The van der Waals surface area contributed by atoms with E-state index in [1.807, 2.05) is 0 Å². The first-order valence-corrected chi connectivity index (χ1v) is 7.99. The summed E-state index contributed by atoms with van der Waals surface area (Å²) in [7, 11) is 0. The number of carbonyl (C=O) groups is 1. The minimum Gasteiger partial charge on any atom is -0.353 e. The molecule has 0 radical (unpaired) electrons. The molecule has 0 saturated heterocycles. The van der Waals surface area contributed by atoms with Crippen LogP contribution in [0.1, 0.15) is 59.3 Å². The molecule has 110 valence electrons. The molecule has 0 bridgehead atoms. The van der Waals surface area contributed by atoms with Crippen molar-refractivity contribution in [2.75, 3.05) is 6.54 Å². The molecule has 3 N–H and O–H groups in total. The van der Waals surface area contributed by atoms with Crippen LogP contribution in [0.3, 0.4) is 0 Å². The maximum absolute atomic E-state index is 12.5. The normalized spacial score (nSPS) is 33.8. The molecule has 19 heavy (non-hydrogen) atoms. The predicted octanol–water partition coefficient (Wildman–Crippen LogP) is 2.69. The lowest BCUT2D eigenvalue weighted by Gasteiger charge is -2.43. The van der Waals surface area contributed by atoms with Gasteiger partial charge in [0, 0.05) is 12.6 Å². The first-order valence-electron chi connectivity index (χ1n) is 7.99. The van der Waals surface area contributed by atoms with E-state index in [2.05, 4.69) is 26.1 Å². The maximum atomic E-state index is 12.5. The van der Waals surface area contributed by atoms with Crippen LogP contribution in [-0.4, -0.2) is 18.5 Å². The molecule has 3 nitrogen and oxygen atoms in total. The van der Waals surface area contributed by atoms with E-state index in [1.54, 1.807) is 0 Å². The molecule has 0 aromatic carbocycles. The Morgan fingerprint density at radius 3 is 2.53 bits per heavy atom. The van der Waals surface area contributed by atoms with Gasteiger partial charge in [-0.3, -0.25) is 4.79 Å². The molecule has 3 unspecified atom stereocenters. The SMILES string of the molecule is CC1CCC(C(C)C)C(NC(=O)C2(CN)CCC2)C1. The number of hydrogen-bond donors (Lipinski definition) is 2. The molecule has 2 aliphatic carbocycles. The number of nitrogens with one attached hydrogen (secondary N) is 1. The Morgan fingerprint density at radius 1 is 1.37 bits per heavy atom. The molecule has 1 amide bonds. The van der Waals surface area contributed by atoms with Crippen LogP contribution in [0.25, 0.3) is 0 Å². The van der Waals surface area contributed by atoms with E-state index < -0.39 is 0 Å². The minimum atomic E-state index is -0.234. The molecular formula is C16H30N2O. The third-order valence-electron chi connectivity index (χ3n) is 5.52. The summed E-state index contributed by atoms with van der Waals surface area (Å²) in [4.78, 5) is 12.5. The Kier molecular flexibility index (Phi) is 4.54. The van der Waals surface area contributed by atoms with Crippen molar-refractivity contribution in [2.45, 2.75) is 65.3 Å². The van der Waals surface area contributed by atoms with E-state index in [0.717, 1.165) is 31.6 Å². The van der Waals surface area contributed by atoms with E-state index in [1.165, 1.54) is 12.8 Å². The lowest BCUT2D eigenvalue weighted by atomic mass is 9.67. The summed E-state index contributed by atoms with van der Waals surface area (Å²) in [6, 6.07) is 0.361. The fourth-order valence-corrected chi connectivity index (χ4v) is 3.82. The second kappa shape index (κ2) is 5.82. The van der Waals surface area contributed by atoms with Crippen LogP contribution in [0.2, 0.25) is 0 Å². The summed E-state index contributed by atoms with van der Waals surface area (Å²) in [5.74, 6) is 2.24. The van der Waals surface area contributed by atoms with Gasteiger partial charge in [-0.1, -0.05) is 33.6 Å². The molecule has 2 rings (SSSR count). The molecule has 0 aromatic heterocycles. The standard InChI is InChI=1S/C16H30N2O/c1-11(2)13-6-5-12(3)9-14(13)18-15(19)16(10-17)7-4-8-16/h11-14H,4-10,17H2,1-3H3,(H,18,19). The fraction of sp³-hybridized carbons (Fsp3) is 0.938. The van der Waals surface area contributed by atoms with Crippen LogP contribution in [0.15, 0.2) is 0 Å². The third-order valence-corrected chi connectivity index (χ3v) is 5.52. The van der Waals surface area contributed by atoms with E-state index in [4.69, 9.17) is 5.73 Å². The monoisotopic (exact) mass is 266 g/mol. The highest BCUT2D eigenvalue weighted by atomic mass is 16.2. The Hall–Kier alpha value is -0.570. The van der Waals surface area contributed by atoms with Gasteiger partial charge in [-0.05, 0) is 43.4 Å². The van der Waals surface area contributed by atoms with Crippen molar-refractivity contribution in [2.24, 2.45) is 28.9 Å². The quantitative estimate of drug-likeness (QED) is 0.822. The highest BCUT2D eigenvalue weighted by Crippen LogP contribution is 2.41. The van der Waals surface area contributed by atoms with Crippen molar-refractivity contribution in [3.05, 3.63) is 0 Å². The van der Waals surface area contributed by atoms with Gasteiger partial charge in [0.15, 0.2) is 0 Å². The molecule has 2 saturated carbocycles. The van der Waals surface area contributed by atoms with Crippen LogP contribution >= 0.6 is 0 Å².